The number of rotatable bonds is 4. The van der Waals surface area contributed by atoms with E-state index in [0.717, 1.165) is 23.3 Å². The number of nitrogens with one attached hydrogen (secondary N) is 1. The Balaban J connectivity index is 1.95. The molecule has 0 aliphatic carbocycles. The van der Waals surface area contributed by atoms with Gasteiger partial charge < -0.3 is 5.32 Å². The molecule has 0 saturated heterocycles. The molecular weight excluding hydrogens is 250 g/mol. The standard InChI is InChI=1S/C15H17N5/c1-11(2)9-17-15-16-7-6-13(19-15)12-10-18-20-8-4-3-5-14(12)20/h3-8,10-11H,9H2,1-2H3,(H,16,17,19). The Hall–Kier alpha value is -2.43. The summed E-state index contributed by atoms with van der Waals surface area (Å²) in [7, 11) is 0. The van der Waals surface area contributed by atoms with E-state index in [1.54, 1.807) is 6.20 Å². The minimum atomic E-state index is 0.555. The van der Waals surface area contributed by atoms with Gasteiger partial charge in [0, 0.05) is 24.5 Å². The van der Waals surface area contributed by atoms with E-state index < -0.39 is 0 Å². The molecule has 0 fully saturated rings. The highest BCUT2D eigenvalue weighted by Crippen LogP contribution is 2.22. The first-order valence-electron chi connectivity index (χ1n) is 6.73. The monoisotopic (exact) mass is 267 g/mol. The van der Waals surface area contributed by atoms with Gasteiger partial charge in [0.2, 0.25) is 5.95 Å². The SMILES string of the molecule is CC(C)CNc1nccc(-c2cnn3ccccc23)n1. The number of nitrogens with zero attached hydrogens (tertiary/aromatic N) is 4. The van der Waals surface area contributed by atoms with Crippen LogP contribution in [0.3, 0.4) is 0 Å². The maximum atomic E-state index is 4.56. The van der Waals surface area contributed by atoms with Crippen molar-refractivity contribution in [2.24, 2.45) is 5.92 Å². The molecule has 3 rings (SSSR count). The summed E-state index contributed by atoms with van der Waals surface area (Å²) in [5.41, 5.74) is 2.94. The van der Waals surface area contributed by atoms with Crippen molar-refractivity contribution < 1.29 is 0 Å². The molecule has 5 heteroatoms. The first-order valence-corrected chi connectivity index (χ1v) is 6.73. The van der Waals surface area contributed by atoms with E-state index >= 15 is 0 Å². The average molecular weight is 267 g/mol. The van der Waals surface area contributed by atoms with Gasteiger partial charge in [-0.25, -0.2) is 14.5 Å². The maximum absolute atomic E-state index is 4.56. The number of hydrogen-bond acceptors (Lipinski definition) is 4. The van der Waals surface area contributed by atoms with E-state index in [1.807, 2.05) is 41.2 Å². The molecule has 0 aromatic carbocycles. The molecule has 0 spiro atoms. The van der Waals surface area contributed by atoms with Crippen molar-refractivity contribution in [1.29, 1.82) is 0 Å². The topological polar surface area (TPSA) is 55.1 Å². The molecule has 0 radical (unpaired) electrons. The average Bonchev–Trinajstić information content (AvgIpc) is 2.89. The van der Waals surface area contributed by atoms with Crippen LogP contribution in [-0.4, -0.2) is 26.1 Å². The highest BCUT2D eigenvalue weighted by atomic mass is 15.2. The van der Waals surface area contributed by atoms with Crippen molar-refractivity contribution in [2.45, 2.75) is 13.8 Å². The van der Waals surface area contributed by atoms with Gasteiger partial charge >= 0.3 is 0 Å². The van der Waals surface area contributed by atoms with Crippen LogP contribution in [0, 0.1) is 5.92 Å². The van der Waals surface area contributed by atoms with Gasteiger partial charge in [-0.05, 0) is 24.1 Å². The van der Waals surface area contributed by atoms with Gasteiger partial charge in [0.25, 0.3) is 0 Å². The summed E-state index contributed by atoms with van der Waals surface area (Å²) in [6, 6.07) is 7.90. The van der Waals surface area contributed by atoms with Crippen LogP contribution in [0.2, 0.25) is 0 Å². The van der Waals surface area contributed by atoms with Crippen molar-refractivity contribution in [2.75, 3.05) is 11.9 Å². The number of aromatic nitrogens is 4. The Morgan fingerprint density at radius 1 is 1.25 bits per heavy atom. The van der Waals surface area contributed by atoms with E-state index in [-0.39, 0.29) is 0 Å². The number of hydrogen-bond donors (Lipinski definition) is 1. The van der Waals surface area contributed by atoms with Crippen molar-refractivity contribution in [1.82, 2.24) is 19.6 Å². The summed E-state index contributed by atoms with van der Waals surface area (Å²) in [6.07, 6.45) is 5.54. The van der Waals surface area contributed by atoms with Gasteiger partial charge in [0.15, 0.2) is 0 Å². The normalized spacial score (nSPS) is 11.2. The van der Waals surface area contributed by atoms with Gasteiger partial charge in [0.05, 0.1) is 17.4 Å². The number of anilines is 1. The molecule has 3 aromatic heterocycles. The van der Waals surface area contributed by atoms with Gasteiger partial charge in [-0.2, -0.15) is 5.10 Å². The largest absolute Gasteiger partial charge is 0.354 e. The van der Waals surface area contributed by atoms with Gasteiger partial charge in [-0.1, -0.05) is 19.9 Å². The maximum Gasteiger partial charge on any atom is 0.223 e. The minimum absolute atomic E-state index is 0.555. The van der Waals surface area contributed by atoms with Crippen molar-refractivity contribution >= 4 is 11.5 Å². The van der Waals surface area contributed by atoms with E-state index in [1.165, 1.54) is 0 Å². The molecule has 0 unspecified atom stereocenters. The zero-order valence-corrected chi connectivity index (χ0v) is 11.6. The van der Waals surface area contributed by atoms with Crippen LogP contribution in [0.4, 0.5) is 5.95 Å². The predicted octanol–water partition coefficient (Wildman–Crippen LogP) is 2.86. The quantitative estimate of drug-likeness (QED) is 0.789. The molecule has 0 amide bonds. The second kappa shape index (κ2) is 5.28. The van der Waals surface area contributed by atoms with Crippen LogP contribution in [0.25, 0.3) is 16.8 Å². The van der Waals surface area contributed by atoms with E-state index in [9.17, 15) is 0 Å². The lowest BCUT2D eigenvalue weighted by Crippen LogP contribution is -2.10. The molecule has 20 heavy (non-hydrogen) atoms. The van der Waals surface area contributed by atoms with Gasteiger partial charge in [-0.15, -0.1) is 0 Å². The molecule has 0 aliphatic rings. The third-order valence-electron chi connectivity index (χ3n) is 3.03. The first-order chi connectivity index (χ1) is 9.74. The Morgan fingerprint density at radius 3 is 3.00 bits per heavy atom. The third-order valence-corrected chi connectivity index (χ3v) is 3.03. The molecule has 1 N–H and O–H groups in total. The third kappa shape index (κ3) is 2.47. The van der Waals surface area contributed by atoms with Gasteiger partial charge in [-0.3, -0.25) is 0 Å². The van der Waals surface area contributed by atoms with Crippen molar-refractivity contribution in [3.63, 3.8) is 0 Å². The zero-order chi connectivity index (χ0) is 13.9. The van der Waals surface area contributed by atoms with Crippen LogP contribution in [0.1, 0.15) is 13.8 Å². The first kappa shape index (κ1) is 12.6. The molecule has 0 bridgehead atoms. The Bertz CT molecular complexity index is 717. The molecule has 5 nitrogen and oxygen atoms in total. The van der Waals surface area contributed by atoms with Crippen LogP contribution in [0.15, 0.2) is 42.9 Å². The summed E-state index contributed by atoms with van der Waals surface area (Å²) in [6.45, 7) is 5.17. The fourth-order valence-corrected chi connectivity index (χ4v) is 2.02. The van der Waals surface area contributed by atoms with E-state index in [4.69, 9.17) is 0 Å². The molecular formula is C15H17N5. The molecule has 0 saturated carbocycles. The second-order valence-corrected chi connectivity index (χ2v) is 5.13. The predicted molar refractivity (Wildman–Crippen MR) is 79.5 cm³/mol. The molecule has 3 heterocycles. The lowest BCUT2D eigenvalue weighted by Gasteiger charge is -2.07. The van der Waals surface area contributed by atoms with Crippen LogP contribution in [-0.2, 0) is 0 Å². The smallest absolute Gasteiger partial charge is 0.223 e. The second-order valence-electron chi connectivity index (χ2n) is 5.13. The van der Waals surface area contributed by atoms with Crippen LogP contribution < -0.4 is 5.32 Å². The number of pyridine rings is 1. The lowest BCUT2D eigenvalue weighted by molar-refractivity contribution is 0.684. The Kier molecular flexibility index (Phi) is 3.33. The minimum Gasteiger partial charge on any atom is -0.354 e. The van der Waals surface area contributed by atoms with E-state index in [0.29, 0.717) is 11.9 Å². The lowest BCUT2D eigenvalue weighted by atomic mass is 10.2. The highest BCUT2D eigenvalue weighted by molar-refractivity contribution is 5.77. The zero-order valence-electron chi connectivity index (χ0n) is 11.6. The Labute approximate surface area is 117 Å². The summed E-state index contributed by atoms with van der Waals surface area (Å²) in [5, 5.41) is 7.58. The summed E-state index contributed by atoms with van der Waals surface area (Å²) in [5.74, 6) is 1.21. The highest BCUT2D eigenvalue weighted by Gasteiger charge is 2.08. The van der Waals surface area contributed by atoms with Crippen molar-refractivity contribution in [3.05, 3.63) is 42.9 Å². The fraction of sp³-hybridized carbons (Fsp3) is 0.267. The van der Waals surface area contributed by atoms with Gasteiger partial charge in [0.1, 0.15) is 0 Å². The molecule has 3 aromatic rings. The summed E-state index contributed by atoms with van der Waals surface area (Å²) < 4.78 is 1.85. The van der Waals surface area contributed by atoms with Crippen LogP contribution in [0.5, 0.6) is 0 Å². The molecule has 0 atom stereocenters. The summed E-state index contributed by atoms with van der Waals surface area (Å²) >= 11 is 0. The van der Waals surface area contributed by atoms with Crippen LogP contribution >= 0.6 is 0 Å². The fourth-order valence-electron chi connectivity index (χ4n) is 2.02. The number of fused-ring (bicyclic) bond motifs is 1. The molecule has 102 valence electrons. The van der Waals surface area contributed by atoms with Crippen molar-refractivity contribution in [3.8, 4) is 11.3 Å². The molecule has 0 aliphatic heterocycles. The Morgan fingerprint density at radius 2 is 2.15 bits per heavy atom. The van der Waals surface area contributed by atoms with E-state index in [2.05, 4.69) is 34.2 Å². The summed E-state index contributed by atoms with van der Waals surface area (Å²) in [4.78, 5) is 8.81.